The average molecular weight is 404 g/mol. The molecule has 21 heavy (non-hydrogen) atoms. The lowest BCUT2D eigenvalue weighted by atomic mass is 10.2. The van der Waals surface area contributed by atoms with Gasteiger partial charge in [-0.1, -0.05) is 26.2 Å². The molecule has 0 heterocycles. The number of nitrogen functional groups attached to an aromatic ring is 1. The highest BCUT2D eigenvalue weighted by atomic mass is 127. The zero-order valence-corrected chi connectivity index (χ0v) is 14.3. The van der Waals surface area contributed by atoms with Gasteiger partial charge in [0.05, 0.1) is 5.56 Å². The lowest BCUT2D eigenvalue weighted by Gasteiger charge is -2.08. The second-order valence-electron chi connectivity index (χ2n) is 4.72. The Bertz CT molecular complexity index is 492. The lowest BCUT2D eigenvalue weighted by Crippen LogP contribution is -2.29. The number of nitrogens with one attached hydrogen (secondary N) is 1. The van der Waals surface area contributed by atoms with Gasteiger partial charge in [0.15, 0.2) is 6.61 Å². The van der Waals surface area contributed by atoms with E-state index < -0.39 is 5.97 Å². The minimum absolute atomic E-state index is 0.280. The maximum atomic E-state index is 11.9. The van der Waals surface area contributed by atoms with E-state index in [0.717, 1.165) is 29.3 Å². The number of carbonyl (C=O) groups is 2. The molecule has 0 aliphatic rings. The first-order valence-electron chi connectivity index (χ1n) is 7.03. The van der Waals surface area contributed by atoms with Gasteiger partial charge in [-0.2, -0.15) is 0 Å². The summed E-state index contributed by atoms with van der Waals surface area (Å²) < 4.78 is 5.85. The molecule has 3 N–H and O–H groups in total. The fourth-order valence-corrected chi connectivity index (χ4v) is 2.24. The molecule has 0 radical (unpaired) electrons. The minimum Gasteiger partial charge on any atom is -0.452 e. The number of amides is 1. The van der Waals surface area contributed by atoms with Gasteiger partial charge in [0.1, 0.15) is 0 Å². The Kier molecular flexibility index (Phi) is 8.11. The SMILES string of the molecule is CCCCCCNC(=O)COC(=O)c1cc(I)ccc1N. The standard InChI is InChI=1S/C15H21IN2O3/c1-2-3-4-5-8-18-14(19)10-21-15(20)12-9-11(16)6-7-13(12)17/h6-7,9H,2-5,8,10,17H2,1H3,(H,18,19). The first-order valence-corrected chi connectivity index (χ1v) is 8.11. The highest BCUT2D eigenvalue weighted by Crippen LogP contribution is 2.16. The van der Waals surface area contributed by atoms with E-state index in [0.29, 0.717) is 12.2 Å². The highest BCUT2D eigenvalue weighted by Gasteiger charge is 2.13. The number of halogens is 1. The van der Waals surface area contributed by atoms with Gasteiger partial charge >= 0.3 is 5.97 Å². The Morgan fingerprint density at radius 2 is 2.05 bits per heavy atom. The van der Waals surface area contributed by atoms with Crippen molar-refractivity contribution < 1.29 is 14.3 Å². The van der Waals surface area contributed by atoms with Gasteiger partial charge in [-0.05, 0) is 47.2 Å². The zero-order valence-electron chi connectivity index (χ0n) is 12.2. The van der Waals surface area contributed by atoms with E-state index in [1.54, 1.807) is 18.2 Å². The third-order valence-corrected chi connectivity index (χ3v) is 3.59. The van der Waals surface area contributed by atoms with Gasteiger partial charge in [0.2, 0.25) is 0 Å². The largest absolute Gasteiger partial charge is 0.452 e. The molecule has 0 atom stereocenters. The molecular formula is C15H21IN2O3. The summed E-state index contributed by atoms with van der Waals surface area (Å²) in [5, 5.41) is 2.73. The van der Waals surface area contributed by atoms with Crippen LogP contribution < -0.4 is 11.1 Å². The van der Waals surface area contributed by atoms with Crippen molar-refractivity contribution in [1.82, 2.24) is 5.32 Å². The first-order chi connectivity index (χ1) is 10.0. The van der Waals surface area contributed by atoms with E-state index in [2.05, 4.69) is 34.8 Å². The van der Waals surface area contributed by atoms with Crippen molar-refractivity contribution in [2.75, 3.05) is 18.9 Å². The van der Waals surface area contributed by atoms with E-state index in [9.17, 15) is 9.59 Å². The van der Waals surface area contributed by atoms with E-state index in [1.807, 2.05) is 0 Å². The molecule has 0 unspecified atom stereocenters. The number of hydrogen-bond acceptors (Lipinski definition) is 4. The minimum atomic E-state index is -0.577. The van der Waals surface area contributed by atoms with Crippen molar-refractivity contribution in [1.29, 1.82) is 0 Å². The van der Waals surface area contributed by atoms with Crippen molar-refractivity contribution in [3.63, 3.8) is 0 Å². The molecule has 1 rings (SSSR count). The fourth-order valence-electron chi connectivity index (χ4n) is 1.74. The van der Waals surface area contributed by atoms with Crippen LogP contribution in [0.5, 0.6) is 0 Å². The number of carbonyl (C=O) groups excluding carboxylic acids is 2. The smallest absolute Gasteiger partial charge is 0.340 e. The predicted molar refractivity (Wildman–Crippen MR) is 91.0 cm³/mol. The molecule has 0 saturated carbocycles. The number of hydrogen-bond donors (Lipinski definition) is 2. The van der Waals surface area contributed by atoms with Crippen LogP contribution in [-0.2, 0) is 9.53 Å². The molecule has 0 aromatic heterocycles. The Labute approximate surface area is 138 Å². The first kappa shape index (κ1) is 17.7. The van der Waals surface area contributed by atoms with Crippen molar-refractivity contribution in [2.24, 2.45) is 0 Å². The van der Waals surface area contributed by atoms with Gasteiger partial charge in [-0.25, -0.2) is 4.79 Å². The monoisotopic (exact) mass is 404 g/mol. The number of ether oxygens (including phenoxy) is 1. The number of benzene rings is 1. The molecule has 1 aromatic rings. The van der Waals surface area contributed by atoms with E-state index in [1.165, 1.54) is 0 Å². The molecule has 0 saturated heterocycles. The van der Waals surface area contributed by atoms with Gasteiger partial charge in [-0.3, -0.25) is 4.79 Å². The summed E-state index contributed by atoms with van der Waals surface area (Å²) in [7, 11) is 0. The van der Waals surface area contributed by atoms with E-state index in [-0.39, 0.29) is 18.1 Å². The second-order valence-corrected chi connectivity index (χ2v) is 5.96. The normalized spacial score (nSPS) is 10.2. The van der Waals surface area contributed by atoms with Crippen LogP contribution in [0.4, 0.5) is 5.69 Å². The Balaban J connectivity index is 2.32. The zero-order chi connectivity index (χ0) is 15.7. The molecule has 0 fully saturated rings. The maximum absolute atomic E-state index is 11.9. The maximum Gasteiger partial charge on any atom is 0.340 e. The number of anilines is 1. The lowest BCUT2D eigenvalue weighted by molar-refractivity contribution is -0.124. The highest BCUT2D eigenvalue weighted by molar-refractivity contribution is 14.1. The number of nitrogens with two attached hydrogens (primary N) is 1. The average Bonchev–Trinajstić information content (AvgIpc) is 2.47. The Hall–Kier alpha value is -1.31. The molecule has 0 spiro atoms. The summed E-state index contributed by atoms with van der Waals surface area (Å²) in [6, 6.07) is 5.09. The van der Waals surface area contributed by atoms with Gasteiger partial charge in [-0.15, -0.1) is 0 Å². The summed E-state index contributed by atoms with van der Waals surface area (Å²) in [5.41, 5.74) is 6.36. The van der Waals surface area contributed by atoms with Crippen LogP contribution in [0.15, 0.2) is 18.2 Å². The van der Waals surface area contributed by atoms with Crippen molar-refractivity contribution in [3.05, 3.63) is 27.3 Å². The fraction of sp³-hybridized carbons (Fsp3) is 0.467. The van der Waals surface area contributed by atoms with Crippen LogP contribution in [0.2, 0.25) is 0 Å². The number of unbranched alkanes of at least 4 members (excludes halogenated alkanes) is 3. The molecule has 116 valence electrons. The third-order valence-electron chi connectivity index (χ3n) is 2.92. The molecule has 6 heteroatoms. The second kappa shape index (κ2) is 9.59. The van der Waals surface area contributed by atoms with Crippen LogP contribution in [0.25, 0.3) is 0 Å². The van der Waals surface area contributed by atoms with E-state index in [4.69, 9.17) is 10.5 Å². The Morgan fingerprint density at radius 3 is 2.76 bits per heavy atom. The van der Waals surface area contributed by atoms with Crippen molar-refractivity contribution in [3.8, 4) is 0 Å². The number of rotatable bonds is 8. The van der Waals surface area contributed by atoms with Crippen LogP contribution in [0, 0.1) is 3.57 Å². The van der Waals surface area contributed by atoms with Gasteiger partial charge in [0, 0.05) is 15.8 Å². The van der Waals surface area contributed by atoms with Crippen LogP contribution in [-0.4, -0.2) is 25.0 Å². The molecule has 1 aromatic carbocycles. The summed E-state index contributed by atoms with van der Waals surface area (Å²) in [4.78, 5) is 23.4. The van der Waals surface area contributed by atoms with Crippen LogP contribution in [0.1, 0.15) is 43.0 Å². The molecular weight excluding hydrogens is 383 g/mol. The third kappa shape index (κ3) is 6.79. The van der Waals surface area contributed by atoms with E-state index >= 15 is 0 Å². The quantitative estimate of drug-likeness (QED) is 0.302. The summed E-state index contributed by atoms with van der Waals surface area (Å²) in [6.45, 7) is 2.47. The molecule has 0 aliphatic heterocycles. The van der Waals surface area contributed by atoms with Crippen molar-refractivity contribution in [2.45, 2.75) is 32.6 Å². The van der Waals surface area contributed by atoms with Gasteiger partial charge in [0.25, 0.3) is 5.91 Å². The molecule has 5 nitrogen and oxygen atoms in total. The summed E-state index contributed by atoms with van der Waals surface area (Å²) in [5.74, 6) is -0.865. The summed E-state index contributed by atoms with van der Waals surface area (Å²) in [6.07, 6.45) is 4.35. The molecule has 1 amide bonds. The van der Waals surface area contributed by atoms with Gasteiger partial charge < -0.3 is 15.8 Å². The Morgan fingerprint density at radius 1 is 1.29 bits per heavy atom. The summed E-state index contributed by atoms with van der Waals surface area (Å²) >= 11 is 2.08. The number of esters is 1. The molecule has 0 aliphatic carbocycles. The van der Waals surface area contributed by atoms with Crippen molar-refractivity contribution >= 4 is 40.2 Å². The van der Waals surface area contributed by atoms with Crippen LogP contribution >= 0.6 is 22.6 Å². The molecule has 0 bridgehead atoms. The topological polar surface area (TPSA) is 81.4 Å². The predicted octanol–water partition coefficient (Wildman–Crippen LogP) is 2.73. The van der Waals surface area contributed by atoms with Crippen LogP contribution in [0.3, 0.4) is 0 Å².